The number of hydrogen-bond donors (Lipinski definition) is 1. The molecule has 0 fully saturated rings. The van der Waals surface area contributed by atoms with Crippen LogP contribution in [-0.2, 0) is 5.41 Å². The van der Waals surface area contributed by atoms with Crippen molar-refractivity contribution in [3.8, 4) is 22.3 Å². The molecule has 1 aliphatic carbocycles. The summed E-state index contributed by atoms with van der Waals surface area (Å²) < 4.78 is 0. The minimum Gasteiger partial charge on any atom is -0.355 e. The molecule has 7 aromatic carbocycles. The molecule has 0 aliphatic heterocycles. The molecule has 0 saturated carbocycles. The van der Waals surface area contributed by atoms with Crippen LogP contribution in [0.3, 0.4) is 0 Å². The fraction of sp³-hybridized carbons (Fsp3) is 0.0244. The Morgan fingerprint density at radius 2 is 1.02 bits per heavy atom. The van der Waals surface area contributed by atoms with Gasteiger partial charge in [-0.3, -0.25) is 0 Å². The highest BCUT2D eigenvalue weighted by Crippen LogP contribution is 2.56. The van der Waals surface area contributed by atoms with Gasteiger partial charge in [0.2, 0.25) is 0 Å². The summed E-state index contributed by atoms with van der Waals surface area (Å²) in [7, 11) is 0. The Labute approximate surface area is 246 Å². The first-order valence-corrected chi connectivity index (χ1v) is 14.5. The molecule has 0 heterocycles. The largest absolute Gasteiger partial charge is 0.355 e. The van der Waals surface area contributed by atoms with Crippen molar-refractivity contribution >= 4 is 22.1 Å². The number of hydrogen-bond acceptors (Lipinski definition) is 1. The molecule has 1 N–H and O–H groups in total. The van der Waals surface area contributed by atoms with Gasteiger partial charge in [0.25, 0.3) is 0 Å². The van der Waals surface area contributed by atoms with Gasteiger partial charge < -0.3 is 5.32 Å². The Hall–Kier alpha value is -5.40. The molecule has 0 amide bonds. The van der Waals surface area contributed by atoms with E-state index in [2.05, 4.69) is 175 Å². The van der Waals surface area contributed by atoms with Gasteiger partial charge in [0, 0.05) is 16.9 Å². The summed E-state index contributed by atoms with van der Waals surface area (Å²) in [6.45, 7) is 0. The van der Waals surface area contributed by atoms with Gasteiger partial charge in [0.05, 0.1) is 5.41 Å². The molecule has 42 heavy (non-hydrogen) atoms. The smallest absolute Gasteiger partial charge is 0.0714 e. The Kier molecular flexibility index (Phi) is 5.75. The van der Waals surface area contributed by atoms with Crippen LogP contribution in [0, 0.1) is 0 Å². The van der Waals surface area contributed by atoms with Crippen LogP contribution in [0.15, 0.2) is 170 Å². The van der Waals surface area contributed by atoms with Crippen LogP contribution in [-0.4, -0.2) is 0 Å². The van der Waals surface area contributed by atoms with Crippen molar-refractivity contribution in [2.45, 2.75) is 5.41 Å². The Balaban J connectivity index is 1.36. The van der Waals surface area contributed by atoms with Crippen LogP contribution in [0.1, 0.15) is 22.3 Å². The van der Waals surface area contributed by atoms with Crippen molar-refractivity contribution in [3.05, 3.63) is 192 Å². The summed E-state index contributed by atoms with van der Waals surface area (Å²) in [6.07, 6.45) is 0. The molecule has 0 saturated heterocycles. The first-order chi connectivity index (χ1) is 20.8. The predicted molar refractivity (Wildman–Crippen MR) is 176 cm³/mol. The second-order valence-corrected chi connectivity index (χ2v) is 11.0. The second-order valence-electron chi connectivity index (χ2n) is 11.0. The third-order valence-corrected chi connectivity index (χ3v) is 8.73. The van der Waals surface area contributed by atoms with Crippen molar-refractivity contribution in [1.29, 1.82) is 0 Å². The monoisotopic (exact) mass is 535 g/mol. The average molecular weight is 536 g/mol. The van der Waals surface area contributed by atoms with Gasteiger partial charge >= 0.3 is 0 Å². The van der Waals surface area contributed by atoms with Crippen LogP contribution < -0.4 is 5.32 Å². The van der Waals surface area contributed by atoms with Gasteiger partial charge in [-0.25, -0.2) is 0 Å². The minimum atomic E-state index is -0.419. The van der Waals surface area contributed by atoms with Crippen LogP contribution in [0.25, 0.3) is 33.0 Å². The maximum absolute atomic E-state index is 3.86. The summed E-state index contributed by atoms with van der Waals surface area (Å²) in [5, 5.41) is 6.34. The molecule has 0 unspecified atom stereocenters. The van der Waals surface area contributed by atoms with E-state index in [1.807, 2.05) is 0 Å². The highest BCUT2D eigenvalue weighted by molar-refractivity contribution is 6.03. The number of benzene rings is 7. The quantitative estimate of drug-likeness (QED) is 0.231. The van der Waals surface area contributed by atoms with E-state index in [0.29, 0.717) is 0 Å². The summed E-state index contributed by atoms with van der Waals surface area (Å²) in [4.78, 5) is 0. The fourth-order valence-electron chi connectivity index (χ4n) is 6.97. The highest BCUT2D eigenvalue weighted by atomic mass is 14.9. The lowest BCUT2D eigenvalue weighted by atomic mass is 9.67. The van der Waals surface area contributed by atoms with E-state index in [9.17, 15) is 0 Å². The van der Waals surface area contributed by atoms with Crippen molar-refractivity contribution in [2.24, 2.45) is 0 Å². The molecule has 1 heteroatoms. The molecular formula is C41H29N. The van der Waals surface area contributed by atoms with Crippen molar-refractivity contribution in [2.75, 3.05) is 5.32 Å². The summed E-state index contributed by atoms with van der Waals surface area (Å²) in [5.41, 5.74) is 11.9. The van der Waals surface area contributed by atoms with Crippen molar-refractivity contribution in [1.82, 2.24) is 0 Å². The van der Waals surface area contributed by atoms with E-state index in [0.717, 1.165) is 11.4 Å². The third-order valence-electron chi connectivity index (χ3n) is 8.73. The van der Waals surface area contributed by atoms with Crippen LogP contribution in [0.5, 0.6) is 0 Å². The Morgan fingerprint density at radius 3 is 1.76 bits per heavy atom. The summed E-state index contributed by atoms with van der Waals surface area (Å²) in [5.74, 6) is 0. The lowest BCUT2D eigenvalue weighted by molar-refractivity contribution is 0.769. The molecule has 0 bridgehead atoms. The molecule has 198 valence electrons. The zero-order chi connectivity index (χ0) is 27.9. The number of nitrogens with one attached hydrogen (secondary N) is 1. The first-order valence-electron chi connectivity index (χ1n) is 14.5. The molecule has 7 aromatic rings. The Bertz CT molecular complexity index is 2000. The molecule has 1 nitrogen and oxygen atoms in total. The maximum atomic E-state index is 3.86. The zero-order valence-electron chi connectivity index (χ0n) is 23.2. The molecule has 0 radical (unpaired) electrons. The number of anilines is 2. The van der Waals surface area contributed by atoms with E-state index < -0.39 is 5.41 Å². The van der Waals surface area contributed by atoms with Gasteiger partial charge in [0.1, 0.15) is 0 Å². The van der Waals surface area contributed by atoms with E-state index in [4.69, 9.17) is 0 Å². The number of rotatable bonds is 5. The zero-order valence-corrected chi connectivity index (χ0v) is 23.2. The second kappa shape index (κ2) is 9.90. The van der Waals surface area contributed by atoms with Crippen LogP contribution in [0.4, 0.5) is 11.4 Å². The van der Waals surface area contributed by atoms with Gasteiger partial charge in [0.15, 0.2) is 0 Å². The van der Waals surface area contributed by atoms with E-state index >= 15 is 0 Å². The third kappa shape index (κ3) is 3.71. The molecule has 0 atom stereocenters. The molecule has 0 spiro atoms. The minimum absolute atomic E-state index is 0.419. The van der Waals surface area contributed by atoms with E-state index in [-0.39, 0.29) is 0 Å². The standard InChI is InChI=1S/C41H29N/c1-4-15-30(16-5-1)40-34-21-11-10-14-29(34)24-27-39(40)42-33-25-26-36-35-22-12-13-23-37(35)41(38(36)28-33,31-17-6-2-7-18-31)32-19-8-3-9-20-32/h1-28,42H. The van der Waals surface area contributed by atoms with Crippen LogP contribution in [0.2, 0.25) is 0 Å². The first kappa shape index (κ1) is 24.4. The normalized spacial score (nSPS) is 13.0. The van der Waals surface area contributed by atoms with Crippen molar-refractivity contribution < 1.29 is 0 Å². The summed E-state index contributed by atoms with van der Waals surface area (Å²) >= 11 is 0. The van der Waals surface area contributed by atoms with Gasteiger partial charge in [-0.15, -0.1) is 0 Å². The van der Waals surface area contributed by atoms with Gasteiger partial charge in [-0.2, -0.15) is 0 Å². The van der Waals surface area contributed by atoms with Crippen LogP contribution >= 0.6 is 0 Å². The topological polar surface area (TPSA) is 12.0 Å². The average Bonchev–Trinajstić information content (AvgIpc) is 3.36. The van der Waals surface area contributed by atoms with Crippen molar-refractivity contribution in [3.63, 3.8) is 0 Å². The Morgan fingerprint density at radius 1 is 0.429 bits per heavy atom. The SMILES string of the molecule is c1ccc(-c2c(Nc3ccc4c(c3)C(c3ccccc3)(c3ccccc3)c3ccccc3-4)ccc3ccccc23)cc1. The molecule has 0 aromatic heterocycles. The molecule has 8 rings (SSSR count). The molecule has 1 aliphatic rings. The fourth-order valence-corrected chi connectivity index (χ4v) is 6.97. The lowest BCUT2D eigenvalue weighted by Crippen LogP contribution is -2.28. The predicted octanol–water partition coefficient (Wildman–Crippen LogP) is 10.6. The number of fused-ring (bicyclic) bond motifs is 4. The van der Waals surface area contributed by atoms with E-state index in [1.54, 1.807) is 0 Å². The van der Waals surface area contributed by atoms with Gasteiger partial charge in [-0.05, 0) is 67.9 Å². The maximum Gasteiger partial charge on any atom is 0.0714 e. The highest BCUT2D eigenvalue weighted by Gasteiger charge is 2.46. The lowest BCUT2D eigenvalue weighted by Gasteiger charge is -2.34. The molecular weight excluding hydrogens is 506 g/mol. The van der Waals surface area contributed by atoms with E-state index in [1.165, 1.54) is 55.3 Å². The van der Waals surface area contributed by atoms with Gasteiger partial charge in [-0.1, -0.05) is 152 Å². The summed E-state index contributed by atoms with van der Waals surface area (Å²) in [6, 6.07) is 61.5.